The van der Waals surface area contributed by atoms with E-state index in [0.29, 0.717) is 18.1 Å². The summed E-state index contributed by atoms with van der Waals surface area (Å²) in [5, 5.41) is 0. The average Bonchev–Trinajstić information content (AvgIpc) is 2.82. The second-order valence-corrected chi connectivity index (χ2v) is 4.84. The van der Waals surface area contributed by atoms with Crippen molar-refractivity contribution in [2.45, 2.75) is 38.8 Å². The summed E-state index contributed by atoms with van der Waals surface area (Å²) in [6, 6.07) is 3.47. The smallest absolute Gasteiger partial charge is 0.290 e. The van der Waals surface area contributed by atoms with Gasteiger partial charge in [0.25, 0.3) is 5.91 Å². The number of rotatable bonds is 2. The van der Waals surface area contributed by atoms with Crippen LogP contribution in [0.15, 0.2) is 16.5 Å². The first-order valence-corrected chi connectivity index (χ1v) is 5.65. The van der Waals surface area contributed by atoms with Gasteiger partial charge in [-0.2, -0.15) is 0 Å². The zero-order valence-corrected chi connectivity index (χ0v) is 9.82. The molecule has 88 valence electrons. The van der Waals surface area contributed by atoms with E-state index in [0.717, 1.165) is 19.4 Å². The van der Waals surface area contributed by atoms with Crippen LogP contribution in [-0.4, -0.2) is 22.9 Å². The fraction of sp³-hybridized carbons (Fsp3) is 0.583. The quantitative estimate of drug-likeness (QED) is 0.829. The molecular weight excluding hydrogens is 204 g/mol. The van der Waals surface area contributed by atoms with Crippen molar-refractivity contribution in [3.63, 3.8) is 0 Å². The van der Waals surface area contributed by atoms with E-state index in [-0.39, 0.29) is 11.4 Å². The Morgan fingerprint density at radius 2 is 2.31 bits per heavy atom. The Labute approximate surface area is 95.4 Å². The van der Waals surface area contributed by atoms with Crippen LogP contribution in [0.3, 0.4) is 0 Å². The van der Waals surface area contributed by atoms with Gasteiger partial charge in [-0.1, -0.05) is 0 Å². The molecule has 2 heterocycles. The molecule has 1 aromatic rings. The van der Waals surface area contributed by atoms with E-state index in [1.54, 1.807) is 12.1 Å². The standard InChI is InChI=1S/C12H18N2O2/c1-12(2)6-3-7-14(12)11(15)10-5-4-9(8-13)16-10/h4-5H,3,6-8,13H2,1-2H3. The van der Waals surface area contributed by atoms with Crippen LogP contribution in [0.4, 0.5) is 0 Å². The van der Waals surface area contributed by atoms with Crippen molar-refractivity contribution in [2.24, 2.45) is 5.73 Å². The number of amides is 1. The Morgan fingerprint density at radius 1 is 1.56 bits per heavy atom. The van der Waals surface area contributed by atoms with E-state index in [1.165, 1.54) is 0 Å². The number of hydrogen-bond donors (Lipinski definition) is 1. The Morgan fingerprint density at radius 3 is 2.81 bits per heavy atom. The number of nitrogens with two attached hydrogens (primary N) is 1. The highest BCUT2D eigenvalue weighted by molar-refractivity contribution is 5.92. The minimum Gasteiger partial charge on any atom is -0.455 e. The van der Waals surface area contributed by atoms with Crippen molar-refractivity contribution in [1.82, 2.24) is 4.90 Å². The molecule has 1 saturated heterocycles. The first kappa shape index (κ1) is 11.2. The Balaban J connectivity index is 2.19. The summed E-state index contributed by atoms with van der Waals surface area (Å²) in [5.41, 5.74) is 5.39. The topological polar surface area (TPSA) is 59.5 Å². The van der Waals surface area contributed by atoms with Crippen molar-refractivity contribution in [3.05, 3.63) is 23.7 Å². The molecule has 0 saturated carbocycles. The molecule has 16 heavy (non-hydrogen) atoms. The summed E-state index contributed by atoms with van der Waals surface area (Å²) >= 11 is 0. The zero-order chi connectivity index (χ0) is 11.8. The second-order valence-electron chi connectivity index (χ2n) is 4.84. The van der Waals surface area contributed by atoms with Crippen LogP contribution in [0.2, 0.25) is 0 Å². The van der Waals surface area contributed by atoms with Gasteiger partial charge in [0.05, 0.1) is 6.54 Å². The fourth-order valence-corrected chi connectivity index (χ4v) is 2.22. The van der Waals surface area contributed by atoms with Crippen molar-refractivity contribution in [2.75, 3.05) is 6.54 Å². The molecule has 0 aliphatic carbocycles. The molecule has 1 aliphatic heterocycles. The summed E-state index contributed by atoms with van der Waals surface area (Å²) in [5.74, 6) is 1.03. The van der Waals surface area contributed by atoms with Crippen molar-refractivity contribution in [3.8, 4) is 0 Å². The lowest BCUT2D eigenvalue weighted by Crippen LogP contribution is -2.42. The van der Waals surface area contributed by atoms with Crippen molar-refractivity contribution < 1.29 is 9.21 Å². The molecule has 4 heteroatoms. The predicted octanol–water partition coefficient (Wildman–Crippen LogP) is 1.75. The molecule has 1 fully saturated rings. The van der Waals surface area contributed by atoms with Crippen LogP contribution in [0.1, 0.15) is 43.0 Å². The first-order chi connectivity index (χ1) is 7.54. The lowest BCUT2D eigenvalue weighted by atomic mass is 10.0. The van der Waals surface area contributed by atoms with Gasteiger partial charge in [-0.15, -0.1) is 0 Å². The predicted molar refractivity (Wildman–Crippen MR) is 60.9 cm³/mol. The van der Waals surface area contributed by atoms with Crippen molar-refractivity contribution >= 4 is 5.91 Å². The molecule has 0 atom stereocenters. The van der Waals surface area contributed by atoms with Crippen LogP contribution >= 0.6 is 0 Å². The minimum atomic E-state index is -0.0627. The van der Waals surface area contributed by atoms with Crippen LogP contribution in [0, 0.1) is 0 Å². The Bertz CT molecular complexity index is 395. The molecule has 2 rings (SSSR count). The third-order valence-electron chi connectivity index (χ3n) is 3.22. The van der Waals surface area contributed by atoms with Gasteiger partial charge in [0.2, 0.25) is 0 Å². The Kier molecular flexibility index (Phi) is 2.76. The number of hydrogen-bond acceptors (Lipinski definition) is 3. The molecule has 1 aliphatic rings. The summed E-state index contributed by atoms with van der Waals surface area (Å²) in [6.45, 7) is 5.32. The largest absolute Gasteiger partial charge is 0.455 e. The minimum absolute atomic E-state index is 0.0257. The van der Waals surface area contributed by atoms with Gasteiger partial charge in [-0.25, -0.2) is 0 Å². The highest BCUT2D eigenvalue weighted by atomic mass is 16.4. The van der Waals surface area contributed by atoms with E-state index in [2.05, 4.69) is 13.8 Å². The van der Waals surface area contributed by atoms with E-state index in [1.807, 2.05) is 4.90 Å². The normalized spacial score (nSPS) is 19.1. The summed E-state index contributed by atoms with van der Waals surface area (Å²) in [7, 11) is 0. The first-order valence-electron chi connectivity index (χ1n) is 5.65. The molecule has 0 radical (unpaired) electrons. The molecular formula is C12H18N2O2. The molecule has 0 spiro atoms. The molecule has 2 N–H and O–H groups in total. The lowest BCUT2D eigenvalue weighted by Gasteiger charge is -2.30. The number of carbonyl (C=O) groups excluding carboxylic acids is 1. The highest BCUT2D eigenvalue weighted by Crippen LogP contribution is 2.29. The van der Waals surface area contributed by atoms with Gasteiger partial charge >= 0.3 is 0 Å². The van der Waals surface area contributed by atoms with Crippen LogP contribution in [0.25, 0.3) is 0 Å². The third-order valence-corrected chi connectivity index (χ3v) is 3.22. The summed E-state index contributed by atoms with van der Waals surface area (Å²) in [4.78, 5) is 14.1. The van der Waals surface area contributed by atoms with E-state index in [4.69, 9.17) is 10.2 Å². The van der Waals surface area contributed by atoms with Gasteiger partial charge in [-0.3, -0.25) is 4.79 Å². The molecule has 0 unspecified atom stereocenters. The summed E-state index contributed by atoms with van der Waals surface area (Å²) in [6.07, 6.45) is 2.10. The number of furan rings is 1. The molecule has 1 amide bonds. The van der Waals surface area contributed by atoms with E-state index in [9.17, 15) is 4.79 Å². The maximum Gasteiger partial charge on any atom is 0.290 e. The van der Waals surface area contributed by atoms with E-state index >= 15 is 0 Å². The van der Waals surface area contributed by atoms with Crippen LogP contribution in [-0.2, 0) is 6.54 Å². The average molecular weight is 222 g/mol. The number of carbonyl (C=O) groups is 1. The number of nitrogens with zero attached hydrogens (tertiary/aromatic N) is 1. The van der Waals surface area contributed by atoms with Crippen LogP contribution < -0.4 is 5.73 Å². The van der Waals surface area contributed by atoms with Gasteiger partial charge in [-0.05, 0) is 38.8 Å². The molecule has 0 bridgehead atoms. The maximum absolute atomic E-state index is 12.2. The van der Waals surface area contributed by atoms with Crippen molar-refractivity contribution in [1.29, 1.82) is 0 Å². The second kappa shape index (κ2) is 3.94. The molecule has 0 aromatic carbocycles. The fourth-order valence-electron chi connectivity index (χ4n) is 2.22. The van der Waals surface area contributed by atoms with Gasteiger partial charge in [0, 0.05) is 12.1 Å². The lowest BCUT2D eigenvalue weighted by molar-refractivity contribution is 0.0617. The zero-order valence-electron chi connectivity index (χ0n) is 9.82. The Hall–Kier alpha value is -1.29. The monoisotopic (exact) mass is 222 g/mol. The molecule has 1 aromatic heterocycles. The van der Waals surface area contributed by atoms with Gasteiger partial charge in [0.15, 0.2) is 5.76 Å². The maximum atomic E-state index is 12.2. The highest BCUT2D eigenvalue weighted by Gasteiger charge is 2.36. The SMILES string of the molecule is CC1(C)CCCN1C(=O)c1ccc(CN)o1. The van der Waals surface area contributed by atoms with E-state index < -0.39 is 0 Å². The molecule has 4 nitrogen and oxygen atoms in total. The third kappa shape index (κ3) is 1.85. The summed E-state index contributed by atoms with van der Waals surface area (Å²) < 4.78 is 5.38. The van der Waals surface area contributed by atoms with Gasteiger partial charge < -0.3 is 15.1 Å². The number of likely N-dealkylation sites (tertiary alicyclic amines) is 1. The van der Waals surface area contributed by atoms with Gasteiger partial charge in [0.1, 0.15) is 5.76 Å². The van der Waals surface area contributed by atoms with Crippen LogP contribution in [0.5, 0.6) is 0 Å².